The number of phosphoric ester groups is 1. The lowest BCUT2D eigenvalue weighted by Gasteiger charge is -2.63. The predicted molar refractivity (Wildman–Crippen MR) is 442 cm³/mol. The minimum Gasteiger partial charge on any atom is -0.413 e. The summed E-state index contributed by atoms with van der Waals surface area (Å²) in [6.45, 7) is 70.0. The quantitative estimate of drug-likeness (QED) is 0.112. The third kappa shape index (κ3) is 15.2. The van der Waals surface area contributed by atoms with E-state index in [0.717, 1.165) is 31.1 Å². The van der Waals surface area contributed by atoms with Gasteiger partial charge in [0.2, 0.25) is 0 Å². The van der Waals surface area contributed by atoms with Crippen molar-refractivity contribution in [2.45, 2.75) is 421 Å². The molecule has 0 radical (unpaired) electrons. The molecule has 3 aliphatic heterocycles. The summed E-state index contributed by atoms with van der Waals surface area (Å²) in [5.74, 6) is 6.09. The maximum atomic E-state index is 13.3. The Bertz CT molecular complexity index is 3270. The number of aliphatic hydroxyl groups is 1. The van der Waals surface area contributed by atoms with Crippen molar-refractivity contribution in [3.8, 4) is 0 Å². The second-order valence-electron chi connectivity index (χ2n) is 45.2. The molecule has 0 aromatic rings. The molecule has 10 saturated carbocycles. The molecule has 0 aromatic carbocycles. The molecule has 0 bridgehead atoms. The van der Waals surface area contributed by atoms with Crippen molar-refractivity contribution < 1.29 is 64.9 Å². The summed E-state index contributed by atoms with van der Waals surface area (Å²) in [7, 11) is -9.12. The number of ether oxygens (including phenoxy) is 6. The first-order valence-electron chi connectivity index (χ1n) is 44.4. The van der Waals surface area contributed by atoms with Gasteiger partial charge in [0.25, 0.3) is 0 Å². The van der Waals surface area contributed by atoms with Gasteiger partial charge in [0.15, 0.2) is 42.3 Å². The second-order valence-corrected chi connectivity index (χ2v) is 61.1. The van der Waals surface area contributed by atoms with Gasteiger partial charge in [-0.05, 0) is 324 Å². The van der Waals surface area contributed by atoms with E-state index >= 15 is 0 Å². The van der Waals surface area contributed by atoms with Crippen LogP contribution >= 0.6 is 7.82 Å². The number of fused-ring (bicyclic) bond motifs is 24. The van der Waals surface area contributed by atoms with E-state index in [9.17, 15) is 4.57 Å². The first kappa shape index (κ1) is 87.0. The molecular weight excluding hydrogens is 1420 g/mol. The maximum Gasteiger partial charge on any atom is 0.529 e. The minimum atomic E-state index is -3.65. The molecule has 0 aromatic heterocycles. The van der Waals surface area contributed by atoms with E-state index in [1.54, 1.807) is 20.8 Å². The van der Waals surface area contributed by atoms with Crippen molar-refractivity contribution in [3.05, 3.63) is 24.0 Å². The molecule has 108 heavy (non-hydrogen) atoms. The van der Waals surface area contributed by atoms with E-state index in [-0.39, 0.29) is 93.0 Å². The highest BCUT2D eigenvalue weighted by Crippen LogP contribution is 2.74. The van der Waals surface area contributed by atoms with Gasteiger partial charge >= 0.3 is 7.82 Å². The van der Waals surface area contributed by atoms with Crippen molar-refractivity contribution in [1.29, 1.82) is 0 Å². The van der Waals surface area contributed by atoms with Crippen molar-refractivity contribution >= 4 is 32.8 Å². The Morgan fingerprint density at radius 1 is 0.417 bits per heavy atom. The normalized spacial score (nSPS) is 45.8. The van der Waals surface area contributed by atoms with Crippen LogP contribution in [0.15, 0.2) is 24.0 Å². The van der Waals surface area contributed by atoms with Crippen molar-refractivity contribution in [3.63, 3.8) is 0 Å². The van der Waals surface area contributed by atoms with Gasteiger partial charge in [-0.3, -0.25) is 9.05 Å². The van der Waals surface area contributed by atoms with Crippen LogP contribution in [0.1, 0.15) is 295 Å². The molecule has 3 saturated heterocycles. The van der Waals surface area contributed by atoms with Crippen LogP contribution in [0.4, 0.5) is 0 Å². The molecular formula is C90H161O14PSi3. The Morgan fingerprint density at radius 3 is 1.15 bits per heavy atom. The summed E-state index contributed by atoms with van der Waals surface area (Å²) < 4.78 is 92.3. The van der Waals surface area contributed by atoms with E-state index in [1.807, 2.05) is 0 Å². The monoisotopic (exact) mass is 1580 g/mol. The van der Waals surface area contributed by atoms with Crippen LogP contribution in [0, 0.1) is 104 Å². The SMILES string of the molecule is CC1(C)O[C@@H]2C3C(CC[C@@]4(C)C3CC[C@@H]4O[Si](C)(C)C(C)(C)C)[C@@]3(C)CCC=CC3[C@H]2O1.CC1(C)O[C@@H]2C3C(CC[C@@]4(C)C3CC[C@@H]4O[Si](C)(C)C(C)(C)C)[C@@]3(C)CCCCC3[C@H]2O1.CCO.CCOP(=O)(OCC)OC1=CC2[C@H]3OC(C)(C)O[C@@H]3C3C(CC[C@@]4(C)C3CC[C@@H]4O[Si](C)(C)C(C)(C)C)[C@@]2(C)CC1. The average Bonchev–Trinajstić information content (AvgIpc) is 1.31. The maximum absolute atomic E-state index is 13.3. The van der Waals surface area contributed by atoms with Gasteiger partial charge in [0.1, 0.15) is 5.76 Å². The van der Waals surface area contributed by atoms with Gasteiger partial charge in [0, 0.05) is 24.9 Å². The highest BCUT2D eigenvalue weighted by molar-refractivity contribution is 7.48. The Hall–Kier alpha value is -0.319. The molecule has 18 heteroatoms. The van der Waals surface area contributed by atoms with Crippen molar-refractivity contribution in [2.75, 3.05) is 19.8 Å². The van der Waals surface area contributed by atoms with E-state index in [0.29, 0.717) is 94.3 Å². The van der Waals surface area contributed by atoms with Crippen LogP contribution in [0.3, 0.4) is 0 Å². The Kier molecular flexibility index (Phi) is 24.1. The third-order valence-electron chi connectivity index (χ3n) is 34.9. The van der Waals surface area contributed by atoms with Crippen molar-refractivity contribution in [1.82, 2.24) is 0 Å². The Morgan fingerprint density at radius 2 is 0.759 bits per heavy atom. The zero-order chi connectivity index (χ0) is 79.6. The first-order chi connectivity index (χ1) is 49.7. The van der Waals surface area contributed by atoms with Crippen LogP contribution in [0.5, 0.6) is 0 Å². The van der Waals surface area contributed by atoms with Crippen LogP contribution in [0.25, 0.3) is 0 Å². The molecule has 12 unspecified atom stereocenters. The zero-order valence-electron chi connectivity index (χ0n) is 74.3. The number of phosphoric acid groups is 1. The van der Waals surface area contributed by atoms with Gasteiger partial charge < -0.3 is 51.3 Å². The van der Waals surface area contributed by atoms with E-state index < -0.39 is 50.1 Å². The van der Waals surface area contributed by atoms with E-state index in [4.69, 9.17) is 60.4 Å². The van der Waals surface area contributed by atoms with Gasteiger partial charge in [-0.15, -0.1) is 0 Å². The summed E-state index contributed by atoms with van der Waals surface area (Å²) in [6, 6.07) is 0. The fourth-order valence-corrected chi connectivity index (χ4v) is 32.0. The zero-order valence-corrected chi connectivity index (χ0v) is 78.2. The van der Waals surface area contributed by atoms with Gasteiger partial charge in [0.05, 0.1) is 68.1 Å². The summed E-state index contributed by atoms with van der Waals surface area (Å²) >= 11 is 0. The number of aliphatic hydroxyl groups excluding tert-OH is 1. The molecule has 14 nitrogen and oxygen atoms in total. The summed E-state index contributed by atoms with van der Waals surface area (Å²) in [4.78, 5) is 0. The topological polar surface area (TPSA) is 148 Å². The van der Waals surface area contributed by atoms with Crippen molar-refractivity contribution in [2.24, 2.45) is 104 Å². The fourth-order valence-electron chi connectivity index (χ4n) is 26.4. The molecule has 0 amide bonds. The average molecular weight is 1580 g/mol. The van der Waals surface area contributed by atoms with Gasteiger partial charge in [-0.2, -0.15) is 0 Å². The lowest BCUT2D eigenvalue weighted by atomic mass is 9.44. The number of hydrogen-bond acceptors (Lipinski definition) is 14. The molecule has 12 aliphatic carbocycles. The summed E-state index contributed by atoms with van der Waals surface area (Å²) in [6.07, 6.45) is 34.0. The standard InChI is InChI=1S/C32H57O7PSi.C28H50O3Si.C28H48O3Si.C2H6O/c1-12-34-40(33,35-13-2)38-21-16-18-31(8)23-17-19-32(9)22(14-15-25(32)39-41(10,11)29(3,4)5)26(23)28-27(24(31)20-21)36-30(6,7)37-28;2*1-25(2,3)32(8,9)31-21-14-13-18-22-19(15-17-28(18,21)7)27(6)16-11-10-12-20(27)23-24(22)30-26(4,5)29-23;1-2-3/h20,22-28H,12-19H2,1-11H3;18-24H,10-17H2,1-9H3;10,12,18-24H,11,13-17H2,1-9H3;3H,2H2,1H3/t22?,23?,24?,25-,26?,27+,28+,31+,32-;2*18?,19?,20?,21-,22?,23+,24+,27+,28-;/m000./s1. The molecule has 0 spiro atoms. The summed E-state index contributed by atoms with van der Waals surface area (Å²) in [5.41, 5.74) is 1.52. The summed E-state index contributed by atoms with van der Waals surface area (Å²) in [5, 5.41) is 8.30. The highest BCUT2D eigenvalue weighted by Gasteiger charge is 2.73. The predicted octanol–water partition coefficient (Wildman–Crippen LogP) is 23.7. The fraction of sp³-hybridized carbons (Fsp3) is 0.956. The van der Waals surface area contributed by atoms with E-state index in [1.165, 1.54) is 109 Å². The number of allylic oxidation sites excluding steroid dienone is 2. The lowest BCUT2D eigenvalue weighted by molar-refractivity contribution is -0.182. The highest BCUT2D eigenvalue weighted by atomic mass is 31.2. The Balaban J connectivity index is 0.000000150. The number of rotatable bonds is 12. The molecule has 1 N–H and O–H groups in total. The molecule has 13 fully saturated rings. The minimum absolute atomic E-state index is 0.0190. The Labute approximate surface area is 662 Å². The first-order valence-corrected chi connectivity index (χ1v) is 54.6. The van der Waals surface area contributed by atoms with Gasteiger partial charge in [-0.25, -0.2) is 4.57 Å². The van der Waals surface area contributed by atoms with E-state index in [2.05, 4.69) is 203 Å². The van der Waals surface area contributed by atoms with Crippen LogP contribution in [-0.4, -0.2) is 122 Å². The molecule has 15 aliphatic rings. The van der Waals surface area contributed by atoms with Crippen LogP contribution < -0.4 is 0 Å². The van der Waals surface area contributed by atoms with Crippen LogP contribution in [-0.2, 0) is 59.8 Å². The largest absolute Gasteiger partial charge is 0.529 e. The second kappa shape index (κ2) is 29.9. The third-order valence-corrected chi connectivity index (χ3v) is 49.9. The van der Waals surface area contributed by atoms with Crippen LogP contribution in [0.2, 0.25) is 54.4 Å². The number of hydrogen-bond donors (Lipinski definition) is 1. The molecule has 622 valence electrons. The molecule has 15 rings (SSSR count). The lowest BCUT2D eigenvalue weighted by Crippen LogP contribution is -2.63. The molecule has 3 heterocycles. The smallest absolute Gasteiger partial charge is 0.413 e. The van der Waals surface area contributed by atoms with Gasteiger partial charge in [-0.1, -0.05) is 129 Å². The molecule has 27 atom stereocenters.